The summed E-state index contributed by atoms with van der Waals surface area (Å²) in [6.07, 6.45) is 1.95. The van der Waals surface area contributed by atoms with Gasteiger partial charge in [-0.05, 0) is 47.6 Å². The smallest absolute Gasteiger partial charge is 0.303 e. The van der Waals surface area contributed by atoms with E-state index in [1.165, 1.54) is 17.7 Å². The molecule has 110 valence electrons. The van der Waals surface area contributed by atoms with Crippen molar-refractivity contribution < 1.29 is 14.3 Å². The fraction of sp³-hybridized carbons (Fsp3) is 0.278. The lowest BCUT2D eigenvalue weighted by Gasteiger charge is -2.09. The first kappa shape index (κ1) is 15.2. The van der Waals surface area contributed by atoms with Crippen molar-refractivity contribution in [1.29, 1.82) is 0 Å². The fourth-order valence-corrected chi connectivity index (χ4v) is 2.32. The summed E-state index contributed by atoms with van der Waals surface area (Å²) in [5.74, 6) is -0.795. The van der Waals surface area contributed by atoms with Gasteiger partial charge in [-0.1, -0.05) is 43.3 Å². The number of rotatable bonds is 6. The topological polar surface area (TPSA) is 37.3 Å². The first-order chi connectivity index (χ1) is 10.0. The molecule has 0 saturated carbocycles. The Kier molecular flexibility index (Phi) is 5.09. The molecule has 0 radical (unpaired) electrons. The van der Waals surface area contributed by atoms with Gasteiger partial charge in [0.25, 0.3) is 0 Å². The van der Waals surface area contributed by atoms with Gasteiger partial charge in [0.2, 0.25) is 0 Å². The largest absolute Gasteiger partial charge is 0.481 e. The van der Waals surface area contributed by atoms with Crippen LogP contribution in [0.1, 0.15) is 25.3 Å². The zero-order valence-electron chi connectivity index (χ0n) is 12.1. The number of aliphatic carboxylic acids is 1. The Hall–Kier alpha value is -2.16. The van der Waals surface area contributed by atoms with E-state index in [0.29, 0.717) is 0 Å². The van der Waals surface area contributed by atoms with Gasteiger partial charge in [0.1, 0.15) is 5.82 Å². The second kappa shape index (κ2) is 7.02. The van der Waals surface area contributed by atoms with Gasteiger partial charge in [-0.25, -0.2) is 4.39 Å². The van der Waals surface area contributed by atoms with E-state index in [9.17, 15) is 9.18 Å². The average molecular weight is 286 g/mol. The maximum absolute atomic E-state index is 12.9. The molecule has 0 aliphatic carbocycles. The van der Waals surface area contributed by atoms with Crippen LogP contribution < -0.4 is 0 Å². The van der Waals surface area contributed by atoms with Gasteiger partial charge in [0.05, 0.1) is 0 Å². The van der Waals surface area contributed by atoms with E-state index in [-0.39, 0.29) is 18.2 Å². The zero-order chi connectivity index (χ0) is 15.2. The minimum Gasteiger partial charge on any atom is -0.481 e. The number of hydrogen-bond acceptors (Lipinski definition) is 1. The molecule has 2 nitrogen and oxygen atoms in total. The average Bonchev–Trinajstić information content (AvgIpc) is 2.46. The molecule has 2 rings (SSSR count). The number of aryl methyl sites for hydroxylation is 1. The van der Waals surface area contributed by atoms with Crippen LogP contribution in [0.25, 0.3) is 11.1 Å². The van der Waals surface area contributed by atoms with E-state index >= 15 is 0 Å². The number of halogens is 1. The number of carboxylic acid groups (broad SMARTS) is 1. The van der Waals surface area contributed by atoms with Crippen molar-refractivity contribution in [2.75, 3.05) is 0 Å². The highest BCUT2D eigenvalue weighted by atomic mass is 19.1. The van der Waals surface area contributed by atoms with E-state index < -0.39 is 5.97 Å². The second-order valence-electron chi connectivity index (χ2n) is 5.45. The van der Waals surface area contributed by atoms with E-state index in [1.807, 2.05) is 31.2 Å². The minimum atomic E-state index is -0.742. The van der Waals surface area contributed by atoms with Gasteiger partial charge < -0.3 is 5.11 Å². The highest BCUT2D eigenvalue weighted by Gasteiger charge is 2.07. The number of benzene rings is 2. The number of hydrogen-bond donors (Lipinski definition) is 1. The monoisotopic (exact) mass is 286 g/mol. The summed E-state index contributed by atoms with van der Waals surface area (Å²) >= 11 is 0. The summed E-state index contributed by atoms with van der Waals surface area (Å²) in [7, 11) is 0. The van der Waals surface area contributed by atoms with E-state index in [2.05, 4.69) is 0 Å². The summed E-state index contributed by atoms with van der Waals surface area (Å²) in [5.41, 5.74) is 3.23. The van der Waals surface area contributed by atoms with Crippen LogP contribution in [0.4, 0.5) is 4.39 Å². The lowest BCUT2D eigenvalue weighted by molar-refractivity contribution is -0.138. The summed E-state index contributed by atoms with van der Waals surface area (Å²) in [4.78, 5) is 10.6. The van der Waals surface area contributed by atoms with Crippen molar-refractivity contribution in [3.05, 3.63) is 59.9 Å². The molecular weight excluding hydrogens is 267 g/mol. The lowest BCUT2D eigenvalue weighted by Crippen LogP contribution is -2.05. The van der Waals surface area contributed by atoms with Gasteiger partial charge >= 0.3 is 5.97 Å². The molecule has 3 heteroatoms. The standard InChI is InChI=1S/C18H19FO2/c1-13(12-18(20)21)2-3-14-4-6-15(7-5-14)16-8-10-17(19)11-9-16/h4-11,13H,2-3,12H2,1H3,(H,20,21). The highest BCUT2D eigenvalue weighted by Crippen LogP contribution is 2.21. The first-order valence-electron chi connectivity index (χ1n) is 7.11. The van der Waals surface area contributed by atoms with Crippen LogP contribution in [0.2, 0.25) is 0 Å². The zero-order valence-corrected chi connectivity index (χ0v) is 12.1. The molecule has 0 aliphatic rings. The molecule has 0 heterocycles. The summed E-state index contributed by atoms with van der Waals surface area (Å²) in [6, 6.07) is 14.6. The molecule has 0 saturated heterocycles. The predicted molar refractivity (Wildman–Crippen MR) is 81.6 cm³/mol. The summed E-state index contributed by atoms with van der Waals surface area (Å²) < 4.78 is 12.9. The molecule has 0 amide bonds. The van der Waals surface area contributed by atoms with Gasteiger partial charge in [-0.2, -0.15) is 0 Å². The van der Waals surface area contributed by atoms with Crippen molar-refractivity contribution in [3.63, 3.8) is 0 Å². The number of carbonyl (C=O) groups is 1. The lowest BCUT2D eigenvalue weighted by atomic mass is 9.97. The third kappa shape index (κ3) is 4.71. The second-order valence-corrected chi connectivity index (χ2v) is 5.45. The van der Waals surface area contributed by atoms with Crippen molar-refractivity contribution in [2.45, 2.75) is 26.2 Å². The van der Waals surface area contributed by atoms with Crippen LogP contribution in [0.15, 0.2) is 48.5 Å². The Bertz CT molecular complexity index is 588. The number of carboxylic acids is 1. The third-order valence-electron chi connectivity index (χ3n) is 3.58. The Balaban J connectivity index is 1.96. The molecule has 1 unspecified atom stereocenters. The van der Waals surface area contributed by atoms with Crippen molar-refractivity contribution in [2.24, 2.45) is 5.92 Å². The predicted octanol–water partition coefficient (Wildman–Crippen LogP) is 4.54. The summed E-state index contributed by atoms with van der Waals surface area (Å²) in [5, 5.41) is 8.74. The van der Waals surface area contributed by atoms with Crippen LogP contribution in [-0.2, 0) is 11.2 Å². The Morgan fingerprint density at radius 2 is 1.57 bits per heavy atom. The van der Waals surface area contributed by atoms with Gasteiger partial charge in [-0.15, -0.1) is 0 Å². The molecule has 0 aromatic heterocycles. The Labute approximate surface area is 124 Å². The Morgan fingerprint density at radius 3 is 2.10 bits per heavy atom. The van der Waals surface area contributed by atoms with Crippen LogP contribution in [0.5, 0.6) is 0 Å². The van der Waals surface area contributed by atoms with E-state index in [1.54, 1.807) is 12.1 Å². The molecule has 1 N–H and O–H groups in total. The molecule has 0 fully saturated rings. The van der Waals surface area contributed by atoms with E-state index in [0.717, 1.165) is 24.0 Å². The quantitative estimate of drug-likeness (QED) is 0.846. The fourth-order valence-electron chi connectivity index (χ4n) is 2.32. The van der Waals surface area contributed by atoms with Gasteiger partial charge in [0, 0.05) is 6.42 Å². The minimum absolute atomic E-state index is 0.180. The van der Waals surface area contributed by atoms with Gasteiger partial charge in [0.15, 0.2) is 0 Å². The molecule has 0 aliphatic heterocycles. The molecule has 21 heavy (non-hydrogen) atoms. The molecule has 0 bridgehead atoms. The van der Waals surface area contributed by atoms with Crippen LogP contribution in [-0.4, -0.2) is 11.1 Å². The van der Waals surface area contributed by atoms with Crippen molar-refractivity contribution in [1.82, 2.24) is 0 Å². The van der Waals surface area contributed by atoms with Crippen LogP contribution in [0, 0.1) is 11.7 Å². The van der Waals surface area contributed by atoms with Crippen LogP contribution in [0.3, 0.4) is 0 Å². The van der Waals surface area contributed by atoms with Crippen LogP contribution >= 0.6 is 0 Å². The first-order valence-corrected chi connectivity index (χ1v) is 7.11. The van der Waals surface area contributed by atoms with Crippen molar-refractivity contribution in [3.8, 4) is 11.1 Å². The maximum atomic E-state index is 12.9. The molecule has 2 aromatic carbocycles. The molecule has 2 aromatic rings. The van der Waals surface area contributed by atoms with Crippen molar-refractivity contribution >= 4 is 5.97 Å². The molecular formula is C18H19FO2. The molecule has 1 atom stereocenters. The third-order valence-corrected chi connectivity index (χ3v) is 3.58. The molecule has 0 spiro atoms. The van der Waals surface area contributed by atoms with E-state index in [4.69, 9.17) is 5.11 Å². The normalized spacial score (nSPS) is 12.1. The van der Waals surface area contributed by atoms with Gasteiger partial charge in [-0.3, -0.25) is 4.79 Å². The highest BCUT2D eigenvalue weighted by molar-refractivity contribution is 5.67. The maximum Gasteiger partial charge on any atom is 0.303 e. The Morgan fingerprint density at radius 1 is 1.05 bits per heavy atom. The summed E-state index contributed by atoms with van der Waals surface area (Å²) in [6.45, 7) is 1.96. The SMILES string of the molecule is CC(CCc1ccc(-c2ccc(F)cc2)cc1)CC(=O)O.